The van der Waals surface area contributed by atoms with Crippen LogP contribution in [0.1, 0.15) is 10.4 Å². The minimum atomic E-state index is -1.12. The Bertz CT molecular complexity index is 512. The van der Waals surface area contributed by atoms with Crippen molar-refractivity contribution in [2.45, 2.75) is 0 Å². The van der Waals surface area contributed by atoms with Crippen molar-refractivity contribution in [1.82, 2.24) is 0 Å². The molecular formula is C11H12N2O3. The molecule has 84 valence electrons. The summed E-state index contributed by atoms with van der Waals surface area (Å²) in [6.07, 6.45) is 0. The zero-order valence-corrected chi connectivity index (χ0v) is 8.42. The van der Waals surface area contributed by atoms with Crippen molar-refractivity contribution in [3.63, 3.8) is 0 Å². The first-order valence-electron chi connectivity index (χ1n) is 4.47. The van der Waals surface area contributed by atoms with E-state index in [4.69, 9.17) is 5.11 Å². The monoisotopic (exact) mass is 220 g/mol. The van der Waals surface area contributed by atoms with Gasteiger partial charge in [-0.25, -0.2) is 4.79 Å². The van der Waals surface area contributed by atoms with Crippen LogP contribution in [0.3, 0.4) is 0 Å². The smallest absolute Gasteiger partial charge is 0.339 e. The molecule has 0 aliphatic heterocycles. The molecule has 0 aromatic heterocycles. The van der Waals surface area contributed by atoms with Crippen LogP contribution >= 0.6 is 0 Å². The maximum atomic E-state index is 10.7. The Hall–Kier alpha value is -2.11. The Labute approximate surface area is 91.9 Å². The molecule has 2 rings (SSSR count). The van der Waals surface area contributed by atoms with Crippen LogP contribution in [0.25, 0.3) is 10.8 Å². The predicted octanol–water partition coefficient (Wildman–Crippen LogP) is 1.06. The normalized spacial score (nSPS) is 9.38. The number of rotatable bonds is 1. The summed E-state index contributed by atoms with van der Waals surface area (Å²) >= 11 is 0. The number of carboxylic acid groups (broad SMARTS) is 1. The number of fused-ring (bicyclic) bond motifs is 1. The molecule has 5 heteroatoms. The molecule has 0 bridgehead atoms. The van der Waals surface area contributed by atoms with Gasteiger partial charge in [-0.05, 0) is 22.9 Å². The third-order valence-corrected chi connectivity index (χ3v) is 2.09. The molecule has 2 aromatic carbocycles. The highest BCUT2D eigenvalue weighted by Gasteiger charge is 2.09. The first-order valence-corrected chi connectivity index (χ1v) is 4.47. The van der Waals surface area contributed by atoms with Gasteiger partial charge in [0, 0.05) is 0 Å². The molecule has 0 saturated heterocycles. The van der Waals surface area contributed by atoms with Crippen LogP contribution < -0.4 is 11.7 Å². The molecule has 0 amide bonds. The molecule has 0 radical (unpaired) electrons. The second-order valence-electron chi connectivity index (χ2n) is 3.02. The zero-order chi connectivity index (χ0) is 12.1. The third-order valence-electron chi connectivity index (χ3n) is 2.09. The molecule has 0 spiro atoms. The molecule has 5 nitrogen and oxygen atoms in total. The summed E-state index contributed by atoms with van der Waals surface area (Å²) in [5, 5.41) is 19.8. The van der Waals surface area contributed by atoms with E-state index in [1.165, 1.54) is 12.1 Å². The van der Waals surface area contributed by atoms with E-state index in [9.17, 15) is 9.90 Å². The first-order chi connectivity index (χ1) is 7.68. The summed E-state index contributed by atoms with van der Waals surface area (Å²) in [6, 6.07) is 10.2. The maximum Gasteiger partial charge on any atom is 0.339 e. The molecule has 2 aromatic rings. The molecule has 6 N–H and O–H groups in total. The number of hydrogen-bond acceptors (Lipinski definition) is 4. The van der Waals surface area contributed by atoms with Gasteiger partial charge >= 0.3 is 5.97 Å². The second-order valence-corrected chi connectivity index (χ2v) is 3.02. The fourth-order valence-corrected chi connectivity index (χ4v) is 1.40. The number of aromatic carboxylic acids is 1. The fourth-order valence-electron chi connectivity index (χ4n) is 1.40. The van der Waals surface area contributed by atoms with E-state index < -0.39 is 5.97 Å². The summed E-state index contributed by atoms with van der Waals surface area (Å²) in [5.41, 5.74) is -0.0660. The Kier molecular flexibility index (Phi) is 3.82. The molecule has 0 atom stereocenters. The number of hydrogen-bond donors (Lipinski definition) is 4. The van der Waals surface area contributed by atoms with E-state index in [1.807, 2.05) is 18.2 Å². The minimum Gasteiger partial charge on any atom is -0.507 e. The van der Waals surface area contributed by atoms with Crippen LogP contribution in [0.15, 0.2) is 36.4 Å². The topological polar surface area (TPSA) is 110 Å². The summed E-state index contributed by atoms with van der Waals surface area (Å²) < 4.78 is 0. The maximum absolute atomic E-state index is 10.7. The molecule has 0 aliphatic rings. The molecular weight excluding hydrogens is 208 g/mol. The van der Waals surface area contributed by atoms with Crippen molar-refractivity contribution in [1.29, 1.82) is 0 Å². The number of benzene rings is 2. The quantitative estimate of drug-likeness (QED) is 0.424. The molecule has 0 aliphatic carbocycles. The van der Waals surface area contributed by atoms with E-state index in [0.717, 1.165) is 10.8 Å². The highest BCUT2D eigenvalue weighted by Crippen LogP contribution is 2.24. The Balaban J connectivity index is 0.000000606. The van der Waals surface area contributed by atoms with Crippen LogP contribution in [0.4, 0.5) is 0 Å². The molecule has 0 fully saturated rings. The van der Waals surface area contributed by atoms with Crippen molar-refractivity contribution in [2.24, 2.45) is 11.7 Å². The molecule has 16 heavy (non-hydrogen) atoms. The van der Waals surface area contributed by atoms with Gasteiger partial charge in [0.15, 0.2) is 0 Å². The van der Waals surface area contributed by atoms with E-state index in [0.29, 0.717) is 0 Å². The average Bonchev–Trinajstić information content (AvgIpc) is 2.30. The Morgan fingerprint density at radius 3 is 2.06 bits per heavy atom. The summed E-state index contributed by atoms with van der Waals surface area (Å²) in [6.45, 7) is 0. The van der Waals surface area contributed by atoms with Crippen LogP contribution in [0.2, 0.25) is 0 Å². The highest BCUT2D eigenvalue weighted by molar-refractivity contribution is 5.97. The van der Waals surface area contributed by atoms with Gasteiger partial charge < -0.3 is 10.2 Å². The van der Waals surface area contributed by atoms with E-state index >= 15 is 0 Å². The lowest BCUT2D eigenvalue weighted by atomic mass is 10.1. The minimum absolute atomic E-state index is 0.0660. The van der Waals surface area contributed by atoms with Crippen LogP contribution in [0.5, 0.6) is 5.75 Å². The van der Waals surface area contributed by atoms with Crippen LogP contribution in [-0.4, -0.2) is 16.2 Å². The SMILES string of the molecule is NN.O=C(O)c1cc2ccccc2cc1O. The zero-order valence-electron chi connectivity index (χ0n) is 8.42. The van der Waals surface area contributed by atoms with Gasteiger partial charge in [-0.3, -0.25) is 11.7 Å². The van der Waals surface area contributed by atoms with Crippen molar-refractivity contribution in [3.05, 3.63) is 42.0 Å². The lowest BCUT2D eigenvalue weighted by molar-refractivity contribution is 0.0694. The van der Waals surface area contributed by atoms with Gasteiger partial charge in [-0.1, -0.05) is 24.3 Å². The summed E-state index contributed by atoms with van der Waals surface area (Å²) in [7, 11) is 0. The number of carbonyl (C=O) groups is 1. The lowest BCUT2D eigenvalue weighted by Crippen LogP contribution is -2.02. The van der Waals surface area contributed by atoms with Crippen molar-refractivity contribution in [3.8, 4) is 5.75 Å². The van der Waals surface area contributed by atoms with Gasteiger partial charge in [0.05, 0.1) is 0 Å². The first kappa shape index (κ1) is 12.0. The second kappa shape index (κ2) is 5.11. The van der Waals surface area contributed by atoms with Gasteiger partial charge in [0.1, 0.15) is 11.3 Å². The fraction of sp³-hybridized carbons (Fsp3) is 0. The molecule has 0 heterocycles. The highest BCUT2D eigenvalue weighted by atomic mass is 16.4. The van der Waals surface area contributed by atoms with Crippen LogP contribution in [0, 0.1) is 0 Å². The average molecular weight is 220 g/mol. The molecule has 0 unspecified atom stereocenters. The van der Waals surface area contributed by atoms with Gasteiger partial charge in [0.25, 0.3) is 0 Å². The number of nitrogens with two attached hydrogens (primary N) is 2. The number of phenols is 1. The van der Waals surface area contributed by atoms with Crippen LogP contribution in [-0.2, 0) is 0 Å². The van der Waals surface area contributed by atoms with Crippen molar-refractivity contribution in [2.75, 3.05) is 0 Å². The number of carboxylic acids is 1. The van der Waals surface area contributed by atoms with E-state index in [1.54, 1.807) is 6.07 Å². The summed E-state index contributed by atoms with van der Waals surface area (Å²) in [5.74, 6) is 6.68. The van der Waals surface area contributed by atoms with Gasteiger partial charge in [-0.15, -0.1) is 0 Å². The van der Waals surface area contributed by atoms with Gasteiger partial charge in [0.2, 0.25) is 0 Å². The van der Waals surface area contributed by atoms with Crippen molar-refractivity contribution < 1.29 is 15.0 Å². The Morgan fingerprint density at radius 1 is 1.06 bits per heavy atom. The third kappa shape index (κ3) is 2.28. The Morgan fingerprint density at radius 2 is 1.56 bits per heavy atom. The number of aromatic hydroxyl groups is 1. The number of hydrazine groups is 1. The largest absolute Gasteiger partial charge is 0.507 e. The van der Waals surface area contributed by atoms with E-state index in [2.05, 4.69) is 11.7 Å². The molecule has 0 saturated carbocycles. The predicted molar refractivity (Wildman–Crippen MR) is 60.9 cm³/mol. The lowest BCUT2D eigenvalue weighted by Gasteiger charge is -2.02. The van der Waals surface area contributed by atoms with Crippen molar-refractivity contribution >= 4 is 16.7 Å². The van der Waals surface area contributed by atoms with E-state index in [-0.39, 0.29) is 11.3 Å². The summed E-state index contributed by atoms with van der Waals surface area (Å²) in [4.78, 5) is 10.7. The standard InChI is InChI=1S/C11H8O3.H4N2/c12-10-6-8-4-2-1-3-7(8)5-9(10)11(13)14;1-2/h1-6,12H,(H,13,14);1-2H2. The van der Waals surface area contributed by atoms with Gasteiger partial charge in [-0.2, -0.15) is 0 Å².